The van der Waals surface area contributed by atoms with E-state index in [0.717, 1.165) is 67.3 Å². The van der Waals surface area contributed by atoms with Crippen molar-refractivity contribution in [1.82, 2.24) is 23.7 Å². The molecule has 0 spiro atoms. The highest BCUT2D eigenvalue weighted by atomic mass is 15.0. The monoisotopic (exact) mass is 997 g/mol. The third kappa shape index (κ3) is 7.46. The molecule has 0 amide bonds. The van der Waals surface area contributed by atoms with Crippen molar-refractivity contribution < 1.29 is 0 Å². The van der Waals surface area contributed by atoms with E-state index in [-0.39, 0.29) is 0 Å². The predicted octanol–water partition coefficient (Wildman–Crippen LogP) is 19.0. The molecule has 0 fully saturated rings. The van der Waals surface area contributed by atoms with Gasteiger partial charge in [0.05, 0.1) is 44.5 Å². The quantitative estimate of drug-likeness (QED) is 0.152. The first-order valence-electron chi connectivity index (χ1n) is 26.8. The fourth-order valence-corrected chi connectivity index (χ4v) is 12.1. The zero-order valence-electron chi connectivity index (χ0n) is 43.5. The molecule has 0 N–H and O–H groups in total. The van der Waals surface area contributed by atoms with E-state index in [0.29, 0.717) is 5.82 Å². The van der Waals surface area contributed by atoms with E-state index in [1.165, 1.54) is 82.2 Å². The molecule has 0 saturated heterocycles. The summed E-state index contributed by atoms with van der Waals surface area (Å²) in [5.74, 6) is 0.713. The van der Waals surface area contributed by atoms with Gasteiger partial charge in [-0.25, -0.2) is 9.97 Å². The number of benzene rings is 11. The first kappa shape index (κ1) is 45.3. The van der Waals surface area contributed by atoms with Crippen LogP contribution in [-0.4, -0.2) is 23.7 Å². The Morgan fingerprint density at radius 3 is 1.13 bits per heavy atom. The third-order valence-corrected chi connectivity index (χ3v) is 15.9. The molecule has 4 heterocycles. The summed E-state index contributed by atoms with van der Waals surface area (Å²) in [6.07, 6.45) is 0. The van der Waals surface area contributed by atoms with Crippen LogP contribution in [-0.2, 0) is 0 Å². The molecule has 0 unspecified atom stereocenters. The summed E-state index contributed by atoms with van der Waals surface area (Å²) < 4.78 is 7.33. The average Bonchev–Trinajstić information content (AvgIpc) is 4.31. The molecule has 0 atom stereocenters. The summed E-state index contributed by atoms with van der Waals surface area (Å²) in [5.41, 5.74) is 23.9. The van der Waals surface area contributed by atoms with Crippen molar-refractivity contribution in [3.63, 3.8) is 0 Å². The molecule has 368 valence electrons. The summed E-state index contributed by atoms with van der Waals surface area (Å²) in [7, 11) is 0. The van der Waals surface area contributed by atoms with Crippen molar-refractivity contribution >= 4 is 65.4 Å². The third-order valence-electron chi connectivity index (χ3n) is 15.9. The maximum Gasteiger partial charge on any atom is 0.160 e. The molecule has 0 radical (unpaired) electrons. The van der Waals surface area contributed by atoms with Gasteiger partial charge in [-0.2, -0.15) is 0 Å². The second-order valence-electron chi connectivity index (χ2n) is 20.8. The van der Waals surface area contributed by atoms with Crippen molar-refractivity contribution in [2.75, 3.05) is 0 Å². The van der Waals surface area contributed by atoms with Crippen LogP contribution < -0.4 is 0 Å². The zero-order chi connectivity index (χ0) is 52.0. The minimum atomic E-state index is 0.713. The maximum absolute atomic E-state index is 5.06. The van der Waals surface area contributed by atoms with Gasteiger partial charge in [0.25, 0.3) is 0 Å². The molecule has 0 saturated carbocycles. The molecule has 0 aliphatic heterocycles. The smallest absolute Gasteiger partial charge is 0.160 e. The maximum atomic E-state index is 5.06. The van der Waals surface area contributed by atoms with Crippen molar-refractivity contribution in [2.24, 2.45) is 0 Å². The Kier molecular flexibility index (Phi) is 10.5. The Balaban J connectivity index is 0.808. The molecule has 0 aliphatic carbocycles. The van der Waals surface area contributed by atoms with Crippen molar-refractivity contribution in [1.29, 1.82) is 0 Å². The lowest BCUT2D eigenvalue weighted by Gasteiger charge is -2.14. The highest BCUT2D eigenvalue weighted by Gasteiger charge is 2.20. The van der Waals surface area contributed by atoms with E-state index in [4.69, 9.17) is 9.97 Å². The molecule has 78 heavy (non-hydrogen) atoms. The lowest BCUT2D eigenvalue weighted by molar-refractivity contribution is 1.15. The van der Waals surface area contributed by atoms with E-state index in [1.54, 1.807) is 0 Å². The van der Waals surface area contributed by atoms with Crippen molar-refractivity contribution in [3.8, 4) is 73.2 Å². The summed E-state index contributed by atoms with van der Waals surface area (Å²) in [5, 5.41) is 7.47. The fourth-order valence-electron chi connectivity index (χ4n) is 12.1. The van der Waals surface area contributed by atoms with Crippen LogP contribution in [0.5, 0.6) is 0 Å². The Morgan fingerprint density at radius 2 is 0.628 bits per heavy atom. The largest absolute Gasteiger partial charge is 0.309 e. The van der Waals surface area contributed by atoms with E-state index < -0.39 is 0 Å². The Labute approximate surface area is 452 Å². The number of rotatable bonds is 8. The van der Waals surface area contributed by atoms with E-state index in [9.17, 15) is 0 Å². The molecule has 11 aromatic carbocycles. The lowest BCUT2D eigenvalue weighted by Crippen LogP contribution is -1.97. The molecular weight excluding hydrogens is 947 g/mol. The normalized spacial score (nSPS) is 11.8. The van der Waals surface area contributed by atoms with Crippen LogP contribution in [0.2, 0.25) is 0 Å². The fraction of sp³-hybridized carbons (Fsp3) is 0.0411. The highest BCUT2D eigenvalue weighted by Crippen LogP contribution is 2.41. The van der Waals surface area contributed by atoms with E-state index in [2.05, 4.69) is 265 Å². The molecular formula is C73H51N5. The summed E-state index contributed by atoms with van der Waals surface area (Å²) in [6.45, 7) is 6.61. The summed E-state index contributed by atoms with van der Waals surface area (Å²) in [4.78, 5) is 10.0. The first-order chi connectivity index (χ1) is 38.4. The van der Waals surface area contributed by atoms with Gasteiger partial charge < -0.3 is 13.7 Å². The van der Waals surface area contributed by atoms with Crippen LogP contribution in [0, 0.1) is 20.8 Å². The molecule has 0 aliphatic rings. The highest BCUT2D eigenvalue weighted by molar-refractivity contribution is 6.14. The average molecular weight is 998 g/mol. The molecule has 5 nitrogen and oxygen atoms in total. The zero-order valence-corrected chi connectivity index (χ0v) is 43.5. The minimum Gasteiger partial charge on any atom is -0.309 e. The van der Waals surface area contributed by atoms with Crippen LogP contribution in [0.25, 0.3) is 139 Å². The standard InChI is InChI=1S/C73H51N5/c1-46-22-36-69-61(40-46)62-41-47(2)23-37-70(62)78(69)57-34-39-72-64(44-57)63-43-56(77-67-20-12-10-18-59(67)60-19-11-13-21-68(60)77)33-38-71(63)76(72)55-32-35-58(48(3)42-55)51-28-24-49(25-29-51)50-26-30-53(31-27-50)66-45-65(52-14-6-4-7-15-52)74-73(75-66)54-16-8-5-9-17-54/h4-45H,1-3H3. The van der Waals surface area contributed by atoms with Crippen LogP contribution in [0.3, 0.4) is 0 Å². The molecule has 5 heteroatoms. The van der Waals surface area contributed by atoms with Gasteiger partial charge in [-0.15, -0.1) is 0 Å². The minimum absolute atomic E-state index is 0.713. The predicted molar refractivity (Wildman–Crippen MR) is 326 cm³/mol. The van der Waals surface area contributed by atoms with Crippen LogP contribution in [0.4, 0.5) is 0 Å². The molecule has 0 bridgehead atoms. The van der Waals surface area contributed by atoms with Gasteiger partial charge in [0.15, 0.2) is 5.82 Å². The Bertz CT molecular complexity index is 4680. The number of aromatic nitrogens is 5. The summed E-state index contributed by atoms with van der Waals surface area (Å²) >= 11 is 0. The molecule has 15 rings (SSSR count). The first-order valence-corrected chi connectivity index (χ1v) is 26.8. The topological polar surface area (TPSA) is 40.6 Å². The van der Waals surface area contributed by atoms with Crippen LogP contribution in [0.15, 0.2) is 255 Å². The van der Waals surface area contributed by atoms with Crippen molar-refractivity contribution in [3.05, 3.63) is 271 Å². The van der Waals surface area contributed by atoms with E-state index in [1.807, 2.05) is 24.3 Å². The van der Waals surface area contributed by atoms with E-state index >= 15 is 0 Å². The Morgan fingerprint density at radius 1 is 0.256 bits per heavy atom. The van der Waals surface area contributed by atoms with Gasteiger partial charge in [-0.1, -0.05) is 175 Å². The summed E-state index contributed by atoms with van der Waals surface area (Å²) in [6, 6.07) is 92.6. The van der Waals surface area contributed by atoms with Gasteiger partial charge in [-0.05, 0) is 140 Å². The molecule has 4 aromatic heterocycles. The number of hydrogen-bond donors (Lipinski definition) is 0. The molecule has 15 aromatic rings. The van der Waals surface area contributed by atoms with Gasteiger partial charge >= 0.3 is 0 Å². The number of nitrogens with zero attached hydrogens (tertiary/aromatic N) is 5. The van der Waals surface area contributed by atoms with Crippen molar-refractivity contribution in [2.45, 2.75) is 20.8 Å². The van der Waals surface area contributed by atoms with Crippen LogP contribution >= 0.6 is 0 Å². The number of hydrogen-bond acceptors (Lipinski definition) is 2. The van der Waals surface area contributed by atoms with Crippen LogP contribution in [0.1, 0.15) is 16.7 Å². The second kappa shape index (κ2) is 18.0. The van der Waals surface area contributed by atoms with Gasteiger partial charge in [0.1, 0.15) is 0 Å². The Hall–Kier alpha value is -10.1. The van der Waals surface area contributed by atoms with Gasteiger partial charge in [0, 0.05) is 66.1 Å². The number of para-hydroxylation sites is 2. The van der Waals surface area contributed by atoms with Gasteiger partial charge in [0.2, 0.25) is 0 Å². The SMILES string of the molecule is Cc1ccc2c(c1)c1cc(C)ccc1n2-c1ccc2c(c1)c1cc(-n3c4ccccc4c4ccccc43)ccc1n2-c1ccc(-c2ccc(-c3ccc(-c4cc(-c5ccccc5)nc(-c5ccccc5)n4)cc3)cc2)c(C)c1. The van der Waals surface area contributed by atoms with Gasteiger partial charge in [-0.3, -0.25) is 0 Å². The lowest BCUT2D eigenvalue weighted by atomic mass is 9.96. The second-order valence-corrected chi connectivity index (χ2v) is 20.8. The number of fused-ring (bicyclic) bond motifs is 9. The number of aryl methyl sites for hydroxylation is 3.